The van der Waals surface area contributed by atoms with E-state index in [4.69, 9.17) is 4.98 Å². The molecular formula is C12H12BrNOS2. The maximum atomic E-state index is 9.53. The molecule has 1 fully saturated rings. The predicted octanol–water partition coefficient (Wildman–Crippen LogP) is 4.05. The molecular weight excluding hydrogens is 318 g/mol. The number of nitrogens with zero attached hydrogens (tertiary/aromatic N) is 1. The van der Waals surface area contributed by atoms with Crippen molar-refractivity contribution in [2.24, 2.45) is 0 Å². The van der Waals surface area contributed by atoms with E-state index in [1.165, 1.54) is 11.3 Å². The van der Waals surface area contributed by atoms with Crippen LogP contribution in [0.4, 0.5) is 0 Å². The molecule has 0 amide bonds. The molecule has 0 aliphatic heterocycles. The van der Waals surface area contributed by atoms with Crippen molar-refractivity contribution in [3.63, 3.8) is 0 Å². The summed E-state index contributed by atoms with van der Waals surface area (Å²) in [6.45, 7) is 0.226. The predicted molar refractivity (Wildman–Crippen MR) is 75.7 cm³/mol. The van der Waals surface area contributed by atoms with Crippen LogP contribution in [0.3, 0.4) is 0 Å². The van der Waals surface area contributed by atoms with E-state index in [0.29, 0.717) is 0 Å². The van der Waals surface area contributed by atoms with Crippen molar-refractivity contribution in [2.75, 3.05) is 6.61 Å². The van der Waals surface area contributed by atoms with Gasteiger partial charge in [-0.1, -0.05) is 6.42 Å². The average molecular weight is 330 g/mol. The first-order valence-electron chi connectivity index (χ1n) is 5.55. The standard InChI is InChI=1S/C12H12BrNOS2/c13-8-4-9(16-5-8)11-14-10(6-17-11)12(7-15)2-1-3-12/h4-6,15H,1-3,7H2. The summed E-state index contributed by atoms with van der Waals surface area (Å²) in [6.07, 6.45) is 3.35. The lowest BCUT2D eigenvalue weighted by molar-refractivity contribution is 0.117. The number of hydrogen-bond acceptors (Lipinski definition) is 4. The zero-order valence-electron chi connectivity index (χ0n) is 9.15. The molecule has 0 unspecified atom stereocenters. The third-order valence-electron chi connectivity index (χ3n) is 3.44. The molecule has 2 heterocycles. The Morgan fingerprint density at radius 3 is 2.71 bits per heavy atom. The largest absolute Gasteiger partial charge is 0.395 e. The lowest BCUT2D eigenvalue weighted by atomic mass is 9.67. The van der Waals surface area contributed by atoms with Crippen LogP contribution in [-0.2, 0) is 5.41 Å². The Morgan fingerprint density at radius 1 is 1.35 bits per heavy atom. The fourth-order valence-electron chi connectivity index (χ4n) is 2.15. The number of hydrogen-bond donors (Lipinski definition) is 1. The SMILES string of the molecule is OCC1(c2csc(-c3cc(Br)cs3)n2)CCC1. The highest BCUT2D eigenvalue weighted by molar-refractivity contribution is 9.10. The first kappa shape index (κ1) is 11.8. The number of aliphatic hydroxyl groups is 1. The summed E-state index contributed by atoms with van der Waals surface area (Å²) >= 11 is 6.83. The Hall–Kier alpha value is -0.230. The number of thiophene rings is 1. The van der Waals surface area contributed by atoms with E-state index >= 15 is 0 Å². The van der Waals surface area contributed by atoms with Crippen molar-refractivity contribution in [1.82, 2.24) is 4.98 Å². The molecule has 0 radical (unpaired) electrons. The first-order valence-corrected chi connectivity index (χ1v) is 8.10. The normalized spacial score (nSPS) is 18.0. The zero-order chi connectivity index (χ0) is 11.9. The van der Waals surface area contributed by atoms with Gasteiger partial charge < -0.3 is 5.11 Å². The minimum atomic E-state index is -0.0385. The van der Waals surface area contributed by atoms with E-state index in [-0.39, 0.29) is 12.0 Å². The molecule has 1 aliphatic rings. The van der Waals surface area contributed by atoms with Gasteiger partial charge in [-0.3, -0.25) is 0 Å². The molecule has 5 heteroatoms. The summed E-state index contributed by atoms with van der Waals surface area (Å²) < 4.78 is 1.11. The lowest BCUT2D eigenvalue weighted by Gasteiger charge is -2.38. The van der Waals surface area contributed by atoms with Gasteiger partial charge in [0.05, 0.1) is 17.2 Å². The number of aromatic nitrogens is 1. The van der Waals surface area contributed by atoms with Gasteiger partial charge in [0.2, 0.25) is 0 Å². The highest BCUT2D eigenvalue weighted by atomic mass is 79.9. The van der Waals surface area contributed by atoms with Crippen LogP contribution in [0.5, 0.6) is 0 Å². The summed E-state index contributed by atoms with van der Waals surface area (Å²) in [7, 11) is 0. The van der Waals surface area contributed by atoms with E-state index in [1.54, 1.807) is 22.7 Å². The molecule has 17 heavy (non-hydrogen) atoms. The monoisotopic (exact) mass is 329 g/mol. The van der Waals surface area contributed by atoms with Gasteiger partial charge in [-0.25, -0.2) is 4.98 Å². The number of thiazole rings is 1. The smallest absolute Gasteiger partial charge is 0.133 e. The van der Waals surface area contributed by atoms with Crippen molar-refractivity contribution in [2.45, 2.75) is 24.7 Å². The number of rotatable bonds is 3. The molecule has 0 saturated heterocycles. The summed E-state index contributed by atoms with van der Waals surface area (Å²) in [4.78, 5) is 5.90. The minimum absolute atomic E-state index is 0.0385. The molecule has 0 aromatic carbocycles. The van der Waals surface area contributed by atoms with Crippen molar-refractivity contribution >= 4 is 38.6 Å². The molecule has 0 spiro atoms. The van der Waals surface area contributed by atoms with E-state index in [9.17, 15) is 5.11 Å². The topological polar surface area (TPSA) is 33.1 Å². The number of halogens is 1. The van der Waals surface area contributed by atoms with Gasteiger partial charge in [0.15, 0.2) is 0 Å². The maximum absolute atomic E-state index is 9.53. The summed E-state index contributed by atoms with van der Waals surface area (Å²) in [5.74, 6) is 0. The van der Waals surface area contributed by atoms with E-state index < -0.39 is 0 Å². The van der Waals surface area contributed by atoms with Crippen LogP contribution < -0.4 is 0 Å². The van der Waals surface area contributed by atoms with Crippen LogP contribution >= 0.6 is 38.6 Å². The maximum Gasteiger partial charge on any atom is 0.133 e. The summed E-state index contributed by atoms with van der Waals surface area (Å²) in [5.41, 5.74) is 1.04. The van der Waals surface area contributed by atoms with E-state index in [0.717, 1.165) is 28.0 Å². The van der Waals surface area contributed by atoms with Gasteiger partial charge in [0.1, 0.15) is 5.01 Å². The molecule has 90 valence electrons. The summed E-state index contributed by atoms with van der Waals surface area (Å²) in [5, 5.41) is 14.8. The van der Waals surface area contributed by atoms with Gasteiger partial charge in [0, 0.05) is 20.6 Å². The molecule has 3 rings (SSSR count). The Bertz CT molecular complexity index is 525. The summed E-state index contributed by atoms with van der Waals surface area (Å²) in [6, 6.07) is 2.10. The molecule has 2 aromatic heterocycles. The van der Waals surface area contributed by atoms with Crippen molar-refractivity contribution < 1.29 is 5.11 Å². The van der Waals surface area contributed by atoms with Crippen LogP contribution in [-0.4, -0.2) is 16.7 Å². The van der Waals surface area contributed by atoms with E-state index in [1.807, 2.05) is 0 Å². The highest BCUT2D eigenvalue weighted by Crippen LogP contribution is 2.44. The molecule has 0 bridgehead atoms. The van der Waals surface area contributed by atoms with Crippen molar-refractivity contribution in [3.05, 3.63) is 27.0 Å². The molecule has 2 aromatic rings. The van der Waals surface area contributed by atoms with Crippen LogP contribution in [0.1, 0.15) is 25.0 Å². The van der Waals surface area contributed by atoms with Gasteiger partial charge in [-0.15, -0.1) is 22.7 Å². The fourth-order valence-corrected chi connectivity index (χ4v) is 4.61. The van der Waals surface area contributed by atoms with Gasteiger partial charge in [-0.2, -0.15) is 0 Å². The van der Waals surface area contributed by atoms with Crippen LogP contribution in [0, 0.1) is 0 Å². The minimum Gasteiger partial charge on any atom is -0.395 e. The molecule has 1 N–H and O–H groups in total. The number of aliphatic hydroxyl groups excluding tert-OH is 1. The average Bonchev–Trinajstić information content (AvgIpc) is 2.86. The van der Waals surface area contributed by atoms with Crippen LogP contribution in [0.15, 0.2) is 21.3 Å². The Labute approximate surface area is 116 Å². The van der Waals surface area contributed by atoms with Crippen molar-refractivity contribution in [1.29, 1.82) is 0 Å². The third-order valence-corrected chi connectivity index (χ3v) is 6.14. The molecule has 1 saturated carbocycles. The van der Waals surface area contributed by atoms with Gasteiger partial charge in [0.25, 0.3) is 0 Å². The Balaban J connectivity index is 1.92. The Kier molecular flexibility index (Phi) is 3.11. The zero-order valence-corrected chi connectivity index (χ0v) is 12.4. The van der Waals surface area contributed by atoms with Crippen LogP contribution in [0.2, 0.25) is 0 Å². The lowest BCUT2D eigenvalue weighted by Crippen LogP contribution is -2.38. The molecule has 1 aliphatic carbocycles. The molecule has 0 atom stereocenters. The second-order valence-corrected chi connectivity index (χ2v) is 7.14. The van der Waals surface area contributed by atoms with Crippen LogP contribution in [0.25, 0.3) is 9.88 Å². The Morgan fingerprint density at radius 2 is 2.18 bits per heavy atom. The molecule has 2 nitrogen and oxygen atoms in total. The quantitative estimate of drug-likeness (QED) is 0.921. The second kappa shape index (κ2) is 4.46. The first-order chi connectivity index (χ1) is 8.23. The van der Waals surface area contributed by atoms with Crippen molar-refractivity contribution in [3.8, 4) is 9.88 Å². The van der Waals surface area contributed by atoms with E-state index in [2.05, 4.69) is 32.8 Å². The fraction of sp³-hybridized carbons (Fsp3) is 0.417. The third kappa shape index (κ3) is 1.99. The second-order valence-electron chi connectivity index (χ2n) is 4.46. The van der Waals surface area contributed by atoms with Gasteiger partial charge in [-0.05, 0) is 34.8 Å². The van der Waals surface area contributed by atoms with Gasteiger partial charge >= 0.3 is 0 Å². The highest BCUT2D eigenvalue weighted by Gasteiger charge is 2.40.